The third-order valence-corrected chi connectivity index (χ3v) is 4.18. The highest BCUT2D eigenvalue weighted by atomic mass is 35.5. The average molecular weight is 366 g/mol. The number of anilines is 1. The Kier molecular flexibility index (Phi) is 6.23. The predicted molar refractivity (Wildman–Crippen MR) is 95.8 cm³/mol. The summed E-state index contributed by atoms with van der Waals surface area (Å²) in [6, 6.07) is 11.9. The second-order valence-corrected chi connectivity index (χ2v) is 6.03. The van der Waals surface area contributed by atoms with Gasteiger partial charge in [-0.05, 0) is 49.2 Å². The molecule has 0 saturated carbocycles. The summed E-state index contributed by atoms with van der Waals surface area (Å²) in [5, 5.41) is 3.30. The van der Waals surface area contributed by atoms with E-state index in [1.165, 1.54) is 30.7 Å². The molecule has 0 saturated heterocycles. The molecular formula is C18H17Cl2NO3. The summed E-state index contributed by atoms with van der Waals surface area (Å²) < 4.78 is 5.16. The van der Waals surface area contributed by atoms with Crippen LogP contribution in [0.15, 0.2) is 42.5 Å². The smallest absolute Gasteiger partial charge is 0.338 e. The molecule has 2 rings (SSSR count). The van der Waals surface area contributed by atoms with Gasteiger partial charge in [-0.2, -0.15) is 0 Å². The molecular weight excluding hydrogens is 349 g/mol. The third-order valence-electron chi connectivity index (χ3n) is 3.44. The molecule has 0 aromatic heterocycles. The van der Waals surface area contributed by atoms with Crippen LogP contribution in [0, 0.1) is 0 Å². The summed E-state index contributed by atoms with van der Waals surface area (Å²) in [5.41, 5.74) is 2.05. The molecule has 0 aliphatic rings. The number of rotatable bonds is 5. The Morgan fingerprint density at radius 1 is 1.08 bits per heavy atom. The summed E-state index contributed by atoms with van der Waals surface area (Å²) in [5.74, 6) is -1.05. The lowest BCUT2D eigenvalue weighted by Crippen LogP contribution is -2.30. The lowest BCUT2D eigenvalue weighted by molar-refractivity contribution is -0.123. The van der Waals surface area contributed by atoms with Crippen LogP contribution in [0.2, 0.25) is 10.0 Å². The van der Waals surface area contributed by atoms with Crippen LogP contribution in [-0.2, 0) is 16.0 Å². The van der Waals surface area contributed by atoms with E-state index in [0.717, 1.165) is 6.42 Å². The molecule has 0 fully saturated rings. The monoisotopic (exact) mass is 365 g/mol. The number of amides is 1. The van der Waals surface area contributed by atoms with E-state index in [1.807, 2.05) is 24.3 Å². The Morgan fingerprint density at radius 3 is 2.33 bits per heavy atom. The Labute approximate surface area is 150 Å². The van der Waals surface area contributed by atoms with E-state index in [-0.39, 0.29) is 10.6 Å². The summed E-state index contributed by atoms with van der Waals surface area (Å²) in [6.07, 6.45) is -0.0240. The first-order chi connectivity index (χ1) is 11.4. The van der Waals surface area contributed by atoms with Gasteiger partial charge in [0, 0.05) is 5.69 Å². The van der Waals surface area contributed by atoms with Gasteiger partial charge in [0.25, 0.3) is 5.91 Å². The molecule has 2 aromatic rings. The van der Waals surface area contributed by atoms with Gasteiger partial charge in [-0.15, -0.1) is 0 Å². The minimum atomic E-state index is -0.946. The van der Waals surface area contributed by atoms with Crippen LogP contribution in [0.3, 0.4) is 0 Å². The molecule has 1 N–H and O–H groups in total. The van der Waals surface area contributed by atoms with E-state index < -0.39 is 18.0 Å². The zero-order valence-electron chi connectivity index (χ0n) is 13.3. The zero-order valence-corrected chi connectivity index (χ0v) is 14.8. The molecule has 0 aliphatic heterocycles. The first-order valence-corrected chi connectivity index (χ1v) is 8.22. The van der Waals surface area contributed by atoms with Crippen molar-refractivity contribution < 1.29 is 14.3 Å². The number of aryl methyl sites for hydroxylation is 1. The highest BCUT2D eigenvalue weighted by Crippen LogP contribution is 2.23. The summed E-state index contributed by atoms with van der Waals surface area (Å²) >= 11 is 11.7. The lowest BCUT2D eigenvalue weighted by atomic mass is 10.1. The van der Waals surface area contributed by atoms with E-state index in [9.17, 15) is 9.59 Å². The first kappa shape index (κ1) is 18.3. The molecule has 24 heavy (non-hydrogen) atoms. The standard InChI is InChI=1S/C18H17Cl2NO3/c1-3-12-4-7-14(8-5-12)21-17(22)11(2)24-18(23)13-6-9-15(19)16(20)10-13/h4-11H,3H2,1-2H3,(H,21,22)/t11-/m1/s1. The fraction of sp³-hybridized carbons (Fsp3) is 0.222. The quantitative estimate of drug-likeness (QED) is 0.778. The van der Waals surface area contributed by atoms with Crippen molar-refractivity contribution >= 4 is 40.8 Å². The van der Waals surface area contributed by atoms with E-state index >= 15 is 0 Å². The summed E-state index contributed by atoms with van der Waals surface area (Å²) in [7, 11) is 0. The van der Waals surface area contributed by atoms with Gasteiger partial charge in [-0.3, -0.25) is 4.79 Å². The van der Waals surface area contributed by atoms with Crippen LogP contribution in [-0.4, -0.2) is 18.0 Å². The van der Waals surface area contributed by atoms with E-state index in [1.54, 1.807) is 0 Å². The van der Waals surface area contributed by atoms with Gasteiger partial charge in [-0.25, -0.2) is 4.79 Å². The van der Waals surface area contributed by atoms with Crippen LogP contribution in [0.25, 0.3) is 0 Å². The molecule has 126 valence electrons. The molecule has 6 heteroatoms. The van der Waals surface area contributed by atoms with Gasteiger partial charge in [-0.1, -0.05) is 42.3 Å². The molecule has 0 radical (unpaired) electrons. The topological polar surface area (TPSA) is 55.4 Å². The number of ether oxygens (including phenoxy) is 1. The number of esters is 1. The number of benzene rings is 2. The molecule has 0 bridgehead atoms. The van der Waals surface area contributed by atoms with Gasteiger partial charge in [0.05, 0.1) is 15.6 Å². The molecule has 4 nitrogen and oxygen atoms in total. The van der Waals surface area contributed by atoms with Crippen molar-refractivity contribution in [1.82, 2.24) is 0 Å². The second-order valence-electron chi connectivity index (χ2n) is 5.22. The Hall–Kier alpha value is -2.04. The number of nitrogens with one attached hydrogen (secondary N) is 1. The lowest BCUT2D eigenvalue weighted by Gasteiger charge is -2.14. The van der Waals surface area contributed by atoms with E-state index in [4.69, 9.17) is 27.9 Å². The second kappa shape index (κ2) is 8.18. The summed E-state index contributed by atoms with van der Waals surface area (Å²) in [4.78, 5) is 24.2. The maximum atomic E-state index is 12.1. The Balaban J connectivity index is 1.97. The maximum Gasteiger partial charge on any atom is 0.338 e. The Bertz CT molecular complexity index is 744. The highest BCUT2D eigenvalue weighted by molar-refractivity contribution is 6.42. The molecule has 1 atom stereocenters. The third kappa shape index (κ3) is 4.73. The largest absolute Gasteiger partial charge is 0.449 e. The van der Waals surface area contributed by atoms with Crippen molar-refractivity contribution in [2.45, 2.75) is 26.4 Å². The van der Waals surface area contributed by atoms with Gasteiger partial charge in [0.1, 0.15) is 0 Å². The molecule has 0 unspecified atom stereocenters. The molecule has 1 amide bonds. The zero-order chi connectivity index (χ0) is 17.7. The fourth-order valence-corrected chi connectivity index (χ4v) is 2.27. The number of halogens is 2. The highest BCUT2D eigenvalue weighted by Gasteiger charge is 2.19. The van der Waals surface area contributed by atoms with Crippen LogP contribution in [0.1, 0.15) is 29.8 Å². The molecule has 2 aromatic carbocycles. The van der Waals surface area contributed by atoms with Crippen LogP contribution >= 0.6 is 23.2 Å². The van der Waals surface area contributed by atoms with E-state index in [0.29, 0.717) is 10.7 Å². The van der Waals surface area contributed by atoms with Crippen LogP contribution < -0.4 is 5.32 Å². The van der Waals surface area contributed by atoms with Crippen molar-refractivity contribution in [1.29, 1.82) is 0 Å². The maximum absolute atomic E-state index is 12.1. The number of hydrogen-bond donors (Lipinski definition) is 1. The van der Waals surface area contributed by atoms with Crippen molar-refractivity contribution in [2.24, 2.45) is 0 Å². The SMILES string of the molecule is CCc1ccc(NC(=O)[C@@H](C)OC(=O)c2ccc(Cl)c(Cl)c2)cc1. The number of carbonyl (C=O) groups is 2. The molecule has 0 aliphatic carbocycles. The van der Waals surface area contributed by atoms with Gasteiger partial charge < -0.3 is 10.1 Å². The predicted octanol–water partition coefficient (Wildman–Crippen LogP) is 4.74. The average Bonchev–Trinajstić information content (AvgIpc) is 2.57. The Morgan fingerprint density at radius 2 is 1.75 bits per heavy atom. The van der Waals surface area contributed by atoms with Crippen LogP contribution in [0.5, 0.6) is 0 Å². The van der Waals surface area contributed by atoms with Gasteiger partial charge in [0.15, 0.2) is 6.10 Å². The van der Waals surface area contributed by atoms with Crippen molar-refractivity contribution in [3.8, 4) is 0 Å². The van der Waals surface area contributed by atoms with Crippen LogP contribution in [0.4, 0.5) is 5.69 Å². The minimum absolute atomic E-state index is 0.233. The molecule has 0 heterocycles. The van der Waals surface area contributed by atoms with Gasteiger partial charge in [0.2, 0.25) is 0 Å². The van der Waals surface area contributed by atoms with Crippen molar-refractivity contribution in [3.63, 3.8) is 0 Å². The van der Waals surface area contributed by atoms with Crippen molar-refractivity contribution in [2.75, 3.05) is 5.32 Å². The number of carbonyl (C=O) groups excluding carboxylic acids is 2. The minimum Gasteiger partial charge on any atom is -0.449 e. The van der Waals surface area contributed by atoms with Gasteiger partial charge >= 0.3 is 5.97 Å². The first-order valence-electron chi connectivity index (χ1n) is 7.46. The molecule has 0 spiro atoms. The number of hydrogen-bond acceptors (Lipinski definition) is 3. The van der Waals surface area contributed by atoms with E-state index in [2.05, 4.69) is 12.2 Å². The van der Waals surface area contributed by atoms with Crippen molar-refractivity contribution in [3.05, 3.63) is 63.6 Å². The summed E-state index contributed by atoms with van der Waals surface area (Å²) in [6.45, 7) is 3.56. The normalized spacial score (nSPS) is 11.7. The fourth-order valence-electron chi connectivity index (χ4n) is 1.97.